The number of benzene rings is 2. The van der Waals surface area contributed by atoms with Crippen LogP contribution in [0.2, 0.25) is 0 Å². The van der Waals surface area contributed by atoms with Crippen molar-refractivity contribution in [1.29, 1.82) is 0 Å². The average Bonchev–Trinajstić information content (AvgIpc) is 3.22. The van der Waals surface area contributed by atoms with Gasteiger partial charge in [0.1, 0.15) is 5.75 Å². The van der Waals surface area contributed by atoms with Crippen LogP contribution in [0.4, 0.5) is 17.1 Å². The van der Waals surface area contributed by atoms with Crippen LogP contribution in [0.1, 0.15) is 24.8 Å². The summed E-state index contributed by atoms with van der Waals surface area (Å²) in [6, 6.07) is 12.1. The van der Waals surface area contributed by atoms with Crippen molar-refractivity contribution in [1.82, 2.24) is 0 Å². The SMILES string of the molecule is O=C(COC(=O)COc1ccc2c(c1)CCC(=O)N2)Nc1ccc(N2CCCC2=O)cc1. The number of hydrogen-bond acceptors (Lipinski definition) is 6. The van der Waals surface area contributed by atoms with Crippen LogP contribution in [-0.2, 0) is 30.3 Å². The van der Waals surface area contributed by atoms with Gasteiger partial charge in [-0.05, 0) is 60.9 Å². The molecule has 0 unspecified atom stereocenters. The second kappa shape index (κ2) is 9.51. The maximum atomic E-state index is 12.0. The molecule has 2 aliphatic heterocycles. The van der Waals surface area contributed by atoms with Gasteiger partial charge in [-0.3, -0.25) is 14.4 Å². The lowest BCUT2D eigenvalue weighted by Crippen LogP contribution is -2.24. The van der Waals surface area contributed by atoms with Crippen LogP contribution >= 0.6 is 0 Å². The first kappa shape index (κ1) is 21.4. The molecule has 0 radical (unpaired) electrons. The molecule has 2 heterocycles. The Bertz CT molecular complexity index is 1050. The highest BCUT2D eigenvalue weighted by atomic mass is 16.6. The Labute approximate surface area is 184 Å². The number of aryl methyl sites for hydroxylation is 1. The number of nitrogens with one attached hydrogen (secondary N) is 2. The van der Waals surface area contributed by atoms with E-state index in [-0.39, 0.29) is 18.4 Å². The topological polar surface area (TPSA) is 114 Å². The number of carbonyl (C=O) groups is 4. The van der Waals surface area contributed by atoms with Gasteiger partial charge in [0.05, 0.1) is 0 Å². The molecule has 0 atom stereocenters. The minimum Gasteiger partial charge on any atom is -0.482 e. The predicted octanol–water partition coefficient (Wildman–Crippen LogP) is 2.26. The molecule has 32 heavy (non-hydrogen) atoms. The van der Waals surface area contributed by atoms with Crippen molar-refractivity contribution in [2.75, 3.05) is 35.3 Å². The summed E-state index contributed by atoms with van der Waals surface area (Å²) < 4.78 is 10.4. The molecule has 0 bridgehead atoms. The van der Waals surface area contributed by atoms with Gasteiger partial charge in [-0.15, -0.1) is 0 Å². The summed E-state index contributed by atoms with van der Waals surface area (Å²) >= 11 is 0. The van der Waals surface area contributed by atoms with Gasteiger partial charge in [0.2, 0.25) is 11.8 Å². The van der Waals surface area contributed by atoms with Crippen LogP contribution in [0.15, 0.2) is 42.5 Å². The Balaban J connectivity index is 1.20. The van der Waals surface area contributed by atoms with Crippen LogP contribution < -0.4 is 20.3 Å². The van der Waals surface area contributed by atoms with Gasteiger partial charge in [0.15, 0.2) is 13.2 Å². The zero-order valence-corrected chi connectivity index (χ0v) is 17.4. The van der Waals surface area contributed by atoms with Gasteiger partial charge < -0.3 is 25.0 Å². The molecular weight excluding hydrogens is 414 g/mol. The molecule has 4 rings (SSSR count). The summed E-state index contributed by atoms with van der Waals surface area (Å²) in [7, 11) is 0. The third-order valence-corrected chi connectivity index (χ3v) is 5.23. The van der Waals surface area contributed by atoms with Gasteiger partial charge in [-0.25, -0.2) is 4.79 Å². The molecule has 0 aromatic heterocycles. The van der Waals surface area contributed by atoms with Crippen molar-refractivity contribution in [3.05, 3.63) is 48.0 Å². The standard InChI is InChI=1S/C23H23N3O6/c27-20-10-3-15-12-18(8-9-19(15)25-20)31-14-23(30)32-13-21(28)24-16-4-6-17(7-5-16)26-11-1-2-22(26)29/h4-9,12H,1-3,10-11,13-14H2,(H,24,28)(H,25,27). The monoisotopic (exact) mass is 437 g/mol. The Morgan fingerprint density at radius 1 is 1.00 bits per heavy atom. The van der Waals surface area contributed by atoms with Gasteiger partial charge in [0, 0.05) is 36.4 Å². The van der Waals surface area contributed by atoms with Crippen molar-refractivity contribution >= 4 is 40.8 Å². The Kier molecular flexibility index (Phi) is 6.34. The fourth-order valence-electron chi connectivity index (χ4n) is 3.62. The highest BCUT2D eigenvalue weighted by molar-refractivity contribution is 5.96. The van der Waals surface area contributed by atoms with E-state index in [4.69, 9.17) is 9.47 Å². The quantitative estimate of drug-likeness (QED) is 0.643. The molecule has 9 nitrogen and oxygen atoms in total. The summed E-state index contributed by atoms with van der Waals surface area (Å²) in [6.07, 6.45) is 2.42. The number of fused-ring (bicyclic) bond motifs is 1. The Morgan fingerprint density at radius 3 is 2.56 bits per heavy atom. The molecular formula is C23H23N3O6. The van der Waals surface area contributed by atoms with E-state index in [1.807, 2.05) is 0 Å². The van der Waals surface area contributed by atoms with E-state index in [9.17, 15) is 19.2 Å². The second-order valence-corrected chi connectivity index (χ2v) is 7.56. The second-order valence-electron chi connectivity index (χ2n) is 7.56. The molecule has 2 aliphatic rings. The van der Waals surface area contributed by atoms with Crippen LogP contribution in [0.25, 0.3) is 0 Å². The first-order valence-electron chi connectivity index (χ1n) is 10.4. The molecule has 166 valence electrons. The molecule has 9 heteroatoms. The number of rotatable bonds is 7. The van der Waals surface area contributed by atoms with Crippen molar-refractivity contribution in [3.63, 3.8) is 0 Å². The normalized spacial score (nSPS) is 15.1. The minimum atomic E-state index is -0.672. The van der Waals surface area contributed by atoms with Gasteiger partial charge >= 0.3 is 5.97 Å². The number of hydrogen-bond donors (Lipinski definition) is 2. The van der Waals surface area contributed by atoms with Crippen LogP contribution in [-0.4, -0.2) is 43.4 Å². The maximum Gasteiger partial charge on any atom is 0.344 e. The maximum absolute atomic E-state index is 12.0. The van der Waals surface area contributed by atoms with Gasteiger partial charge in [0.25, 0.3) is 5.91 Å². The summed E-state index contributed by atoms with van der Waals surface area (Å²) in [6.45, 7) is -0.0770. The van der Waals surface area contributed by atoms with Gasteiger partial charge in [-0.1, -0.05) is 0 Å². The molecule has 0 aliphatic carbocycles. The van der Waals surface area contributed by atoms with Crippen LogP contribution in [0, 0.1) is 0 Å². The number of anilines is 3. The van der Waals surface area contributed by atoms with Gasteiger partial charge in [-0.2, -0.15) is 0 Å². The van der Waals surface area contributed by atoms with E-state index in [0.717, 1.165) is 23.4 Å². The third kappa shape index (κ3) is 5.23. The van der Waals surface area contributed by atoms with E-state index in [0.29, 0.717) is 37.2 Å². The van der Waals surface area contributed by atoms with E-state index in [1.165, 1.54) is 0 Å². The molecule has 2 aromatic rings. The highest BCUT2D eigenvalue weighted by Gasteiger charge is 2.21. The van der Waals surface area contributed by atoms with E-state index in [1.54, 1.807) is 47.4 Å². The Hall–Kier alpha value is -3.88. The number of amides is 3. The zero-order valence-electron chi connectivity index (χ0n) is 17.4. The smallest absolute Gasteiger partial charge is 0.344 e. The molecule has 1 saturated heterocycles. The van der Waals surface area contributed by atoms with Crippen LogP contribution in [0.5, 0.6) is 5.75 Å². The summed E-state index contributed by atoms with van der Waals surface area (Å²) in [5.41, 5.74) is 3.01. The third-order valence-electron chi connectivity index (χ3n) is 5.23. The first-order chi connectivity index (χ1) is 15.5. The summed E-state index contributed by atoms with van der Waals surface area (Å²) in [4.78, 5) is 48.8. The van der Waals surface area contributed by atoms with E-state index in [2.05, 4.69) is 10.6 Å². The first-order valence-corrected chi connectivity index (χ1v) is 10.4. The fraction of sp³-hybridized carbons (Fsp3) is 0.304. The zero-order chi connectivity index (χ0) is 22.5. The van der Waals surface area contributed by atoms with Crippen molar-refractivity contribution in [2.45, 2.75) is 25.7 Å². The number of ether oxygens (including phenoxy) is 2. The largest absolute Gasteiger partial charge is 0.482 e. The number of carbonyl (C=O) groups excluding carboxylic acids is 4. The molecule has 1 fully saturated rings. The van der Waals surface area contributed by atoms with Crippen molar-refractivity contribution < 1.29 is 28.7 Å². The fourth-order valence-corrected chi connectivity index (χ4v) is 3.62. The molecule has 0 spiro atoms. The molecule has 0 saturated carbocycles. The average molecular weight is 437 g/mol. The lowest BCUT2D eigenvalue weighted by molar-refractivity contribution is -0.149. The lowest BCUT2D eigenvalue weighted by atomic mass is 10.0. The lowest BCUT2D eigenvalue weighted by Gasteiger charge is -2.17. The van der Waals surface area contributed by atoms with Crippen LogP contribution in [0.3, 0.4) is 0 Å². The number of esters is 1. The number of nitrogens with zero attached hydrogens (tertiary/aromatic N) is 1. The highest BCUT2D eigenvalue weighted by Crippen LogP contribution is 2.27. The minimum absolute atomic E-state index is 0.0225. The molecule has 2 aromatic carbocycles. The Morgan fingerprint density at radius 2 is 1.81 bits per heavy atom. The predicted molar refractivity (Wildman–Crippen MR) is 117 cm³/mol. The van der Waals surface area contributed by atoms with E-state index >= 15 is 0 Å². The molecule has 3 amide bonds. The summed E-state index contributed by atoms with van der Waals surface area (Å²) in [5, 5.41) is 5.42. The van der Waals surface area contributed by atoms with E-state index < -0.39 is 18.5 Å². The summed E-state index contributed by atoms with van der Waals surface area (Å²) in [5.74, 6) is -0.594. The molecule has 2 N–H and O–H groups in total. The van der Waals surface area contributed by atoms with Crippen molar-refractivity contribution in [3.8, 4) is 5.75 Å². The van der Waals surface area contributed by atoms with Crippen molar-refractivity contribution in [2.24, 2.45) is 0 Å².